The molecule has 3 heterocycles. The van der Waals surface area contributed by atoms with Crippen molar-refractivity contribution in [2.45, 2.75) is 13.8 Å². The summed E-state index contributed by atoms with van der Waals surface area (Å²) in [7, 11) is 0. The van der Waals surface area contributed by atoms with Gasteiger partial charge in [-0.25, -0.2) is 14.4 Å². The molecule has 1 N–H and O–H groups in total. The zero-order chi connectivity index (χ0) is 19.8. The van der Waals surface area contributed by atoms with Crippen molar-refractivity contribution >= 4 is 39.9 Å². The van der Waals surface area contributed by atoms with Gasteiger partial charge in [0.1, 0.15) is 23.1 Å². The number of anilines is 2. The van der Waals surface area contributed by atoms with Crippen LogP contribution in [0.3, 0.4) is 0 Å². The highest BCUT2D eigenvalue weighted by atomic mass is 35.5. The van der Waals surface area contributed by atoms with Gasteiger partial charge >= 0.3 is 0 Å². The van der Waals surface area contributed by atoms with Crippen LogP contribution in [0.1, 0.15) is 23.0 Å². The van der Waals surface area contributed by atoms with Gasteiger partial charge in [-0.05, 0) is 44.2 Å². The second kappa shape index (κ2) is 6.97. The molecular weight excluding hydrogens is 383 g/mol. The van der Waals surface area contributed by atoms with E-state index < -0.39 is 5.82 Å². The Bertz CT molecular complexity index is 1210. The Balaban J connectivity index is 1.73. The number of pyridine rings is 1. The SMILES string of the molecule is CC(=O)c1ccc(-n2cnc3cc(Nc4ccc(C)nn4)c(F)cc32)nc1Cl. The third kappa shape index (κ3) is 3.29. The summed E-state index contributed by atoms with van der Waals surface area (Å²) in [5.74, 6) is 0.196. The smallest absolute Gasteiger partial charge is 0.162 e. The summed E-state index contributed by atoms with van der Waals surface area (Å²) in [4.78, 5) is 20.1. The van der Waals surface area contributed by atoms with Gasteiger partial charge in [-0.15, -0.1) is 5.10 Å². The molecule has 28 heavy (non-hydrogen) atoms. The largest absolute Gasteiger partial charge is 0.336 e. The fourth-order valence-corrected chi connectivity index (χ4v) is 3.02. The highest BCUT2D eigenvalue weighted by molar-refractivity contribution is 6.32. The Hall–Kier alpha value is -3.39. The minimum absolute atomic E-state index is 0.0866. The molecule has 0 saturated carbocycles. The first-order valence-corrected chi connectivity index (χ1v) is 8.72. The van der Waals surface area contributed by atoms with Crippen LogP contribution in [-0.2, 0) is 0 Å². The second-order valence-electron chi connectivity index (χ2n) is 6.18. The molecule has 0 amide bonds. The van der Waals surface area contributed by atoms with Crippen LogP contribution in [0.4, 0.5) is 15.9 Å². The van der Waals surface area contributed by atoms with Gasteiger partial charge in [0.25, 0.3) is 0 Å². The molecule has 3 aromatic heterocycles. The standard InChI is InChI=1S/C19H14ClFN6O/c1-10-3-5-17(26-25-10)23-14-8-15-16(7-13(14)21)27(9-22-15)18-6-4-12(11(2)28)19(20)24-18/h3-9H,1-2H3,(H,23,26). The Morgan fingerprint density at radius 3 is 2.68 bits per heavy atom. The maximum absolute atomic E-state index is 14.7. The summed E-state index contributed by atoms with van der Waals surface area (Å²) in [6, 6.07) is 9.64. The van der Waals surface area contributed by atoms with Gasteiger partial charge in [0, 0.05) is 6.07 Å². The maximum Gasteiger partial charge on any atom is 0.162 e. The number of nitrogens with zero attached hydrogens (tertiary/aromatic N) is 5. The average molecular weight is 397 g/mol. The Labute approximate surface area is 164 Å². The lowest BCUT2D eigenvalue weighted by Crippen LogP contribution is -2.02. The van der Waals surface area contributed by atoms with Crippen LogP contribution < -0.4 is 5.32 Å². The molecule has 0 spiro atoms. The predicted molar refractivity (Wildman–Crippen MR) is 104 cm³/mol. The summed E-state index contributed by atoms with van der Waals surface area (Å²) in [6.45, 7) is 3.23. The number of nitrogens with one attached hydrogen (secondary N) is 1. The normalized spacial score (nSPS) is 11.0. The van der Waals surface area contributed by atoms with Crippen molar-refractivity contribution in [3.05, 3.63) is 65.0 Å². The van der Waals surface area contributed by atoms with Crippen LogP contribution in [0.5, 0.6) is 0 Å². The molecular formula is C19H14ClFN6O. The van der Waals surface area contributed by atoms with Crippen molar-refractivity contribution in [3.63, 3.8) is 0 Å². The van der Waals surface area contributed by atoms with Crippen LogP contribution in [-0.4, -0.2) is 30.5 Å². The number of carbonyl (C=O) groups is 1. The molecule has 140 valence electrons. The Morgan fingerprint density at radius 1 is 1.18 bits per heavy atom. The van der Waals surface area contributed by atoms with E-state index in [4.69, 9.17) is 11.6 Å². The lowest BCUT2D eigenvalue weighted by Gasteiger charge is -2.09. The van der Waals surface area contributed by atoms with E-state index in [0.29, 0.717) is 28.2 Å². The lowest BCUT2D eigenvalue weighted by molar-refractivity contribution is 0.101. The number of ketones is 1. The molecule has 0 radical (unpaired) electrons. The first kappa shape index (κ1) is 18.0. The highest BCUT2D eigenvalue weighted by Crippen LogP contribution is 2.27. The van der Waals surface area contributed by atoms with E-state index in [1.165, 1.54) is 19.3 Å². The van der Waals surface area contributed by atoms with Crippen LogP contribution >= 0.6 is 11.6 Å². The number of aryl methyl sites for hydroxylation is 1. The summed E-state index contributed by atoms with van der Waals surface area (Å²) in [5.41, 5.74) is 2.39. The van der Waals surface area contributed by atoms with Crippen LogP contribution in [0.15, 0.2) is 42.7 Å². The van der Waals surface area contributed by atoms with Gasteiger partial charge in [-0.1, -0.05) is 11.6 Å². The molecule has 0 aliphatic heterocycles. The highest BCUT2D eigenvalue weighted by Gasteiger charge is 2.14. The van der Waals surface area contributed by atoms with Crippen LogP contribution in [0, 0.1) is 12.7 Å². The molecule has 0 saturated heterocycles. The average Bonchev–Trinajstić information content (AvgIpc) is 3.06. The fraction of sp³-hybridized carbons (Fsp3) is 0.105. The molecule has 0 aliphatic carbocycles. The van der Waals surface area contributed by atoms with Crippen LogP contribution in [0.2, 0.25) is 5.15 Å². The second-order valence-corrected chi connectivity index (χ2v) is 6.54. The third-order valence-corrected chi connectivity index (χ3v) is 4.44. The number of rotatable bonds is 4. The van der Waals surface area contributed by atoms with Gasteiger partial charge in [-0.2, -0.15) is 5.10 Å². The molecule has 0 fully saturated rings. The van der Waals surface area contributed by atoms with Gasteiger partial charge in [0.15, 0.2) is 11.6 Å². The van der Waals surface area contributed by atoms with E-state index in [0.717, 1.165) is 5.69 Å². The molecule has 7 nitrogen and oxygen atoms in total. The van der Waals surface area contributed by atoms with E-state index in [2.05, 4.69) is 25.5 Å². The summed E-state index contributed by atoms with van der Waals surface area (Å²) >= 11 is 6.09. The number of imidazole rings is 1. The van der Waals surface area contributed by atoms with Gasteiger partial charge in [0.2, 0.25) is 0 Å². The minimum atomic E-state index is -0.483. The predicted octanol–water partition coefficient (Wildman–Crippen LogP) is 4.26. The number of fused-ring (bicyclic) bond motifs is 1. The van der Waals surface area contributed by atoms with Crippen molar-refractivity contribution in [2.75, 3.05) is 5.32 Å². The van der Waals surface area contributed by atoms with Crippen molar-refractivity contribution in [1.82, 2.24) is 24.7 Å². The fourth-order valence-electron chi connectivity index (χ4n) is 2.73. The van der Waals surface area contributed by atoms with E-state index in [9.17, 15) is 9.18 Å². The van der Waals surface area contributed by atoms with E-state index in [1.807, 2.05) is 6.92 Å². The number of carbonyl (C=O) groups excluding carboxylic acids is 1. The lowest BCUT2D eigenvalue weighted by atomic mass is 10.2. The summed E-state index contributed by atoms with van der Waals surface area (Å²) < 4.78 is 16.3. The van der Waals surface area contributed by atoms with Gasteiger partial charge in [-0.3, -0.25) is 9.36 Å². The van der Waals surface area contributed by atoms with Crippen molar-refractivity contribution in [1.29, 1.82) is 0 Å². The van der Waals surface area contributed by atoms with E-state index in [-0.39, 0.29) is 16.6 Å². The summed E-state index contributed by atoms with van der Waals surface area (Å²) in [6.07, 6.45) is 1.52. The molecule has 9 heteroatoms. The Morgan fingerprint density at radius 2 is 2.00 bits per heavy atom. The number of aromatic nitrogens is 5. The maximum atomic E-state index is 14.7. The molecule has 0 bridgehead atoms. The van der Waals surface area contributed by atoms with E-state index >= 15 is 0 Å². The van der Waals surface area contributed by atoms with Crippen molar-refractivity contribution < 1.29 is 9.18 Å². The quantitative estimate of drug-likeness (QED) is 0.410. The number of hydrogen-bond donors (Lipinski definition) is 1. The topological polar surface area (TPSA) is 85.6 Å². The van der Waals surface area contributed by atoms with Gasteiger partial charge in [0.05, 0.1) is 28.0 Å². The molecule has 4 aromatic rings. The molecule has 0 unspecified atom stereocenters. The van der Waals surface area contributed by atoms with Crippen molar-refractivity contribution in [2.24, 2.45) is 0 Å². The zero-order valence-corrected chi connectivity index (χ0v) is 15.7. The molecule has 4 rings (SSSR count). The zero-order valence-electron chi connectivity index (χ0n) is 14.9. The number of hydrogen-bond acceptors (Lipinski definition) is 6. The minimum Gasteiger partial charge on any atom is -0.336 e. The number of benzene rings is 1. The van der Waals surface area contributed by atoms with Crippen LogP contribution in [0.25, 0.3) is 16.9 Å². The number of halogens is 2. The first-order chi connectivity index (χ1) is 13.4. The third-order valence-electron chi connectivity index (χ3n) is 4.16. The summed E-state index contributed by atoms with van der Waals surface area (Å²) in [5, 5.41) is 10.9. The van der Waals surface area contributed by atoms with Gasteiger partial charge < -0.3 is 5.32 Å². The van der Waals surface area contributed by atoms with E-state index in [1.54, 1.807) is 34.9 Å². The number of Topliss-reactive ketones (excluding diaryl/α,β-unsaturated/α-hetero) is 1. The monoisotopic (exact) mass is 396 g/mol. The molecule has 0 aliphatic rings. The van der Waals surface area contributed by atoms with Crippen molar-refractivity contribution in [3.8, 4) is 5.82 Å². The first-order valence-electron chi connectivity index (χ1n) is 8.34. The molecule has 0 atom stereocenters. The Kier molecular flexibility index (Phi) is 4.48. The molecule has 1 aromatic carbocycles.